The van der Waals surface area contributed by atoms with Gasteiger partial charge in [-0.2, -0.15) is 0 Å². The fraction of sp³-hybridized carbons (Fsp3) is 0.368. The van der Waals surface area contributed by atoms with E-state index in [1.807, 2.05) is 6.07 Å². The summed E-state index contributed by atoms with van der Waals surface area (Å²) in [5.41, 5.74) is 5.04. The van der Waals surface area contributed by atoms with E-state index in [4.69, 9.17) is 4.74 Å². The molecule has 0 spiro atoms. The Labute approximate surface area is 136 Å². The Morgan fingerprint density at radius 1 is 1.30 bits per heavy atom. The van der Waals surface area contributed by atoms with E-state index in [0.717, 1.165) is 30.6 Å². The van der Waals surface area contributed by atoms with Gasteiger partial charge in [-0.05, 0) is 43.9 Å². The van der Waals surface area contributed by atoms with Crippen LogP contribution in [0.2, 0.25) is 0 Å². The molecule has 4 heteroatoms. The highest BCUT2D eigenvalue weighted by Gasteiger charge is 2.17. The molecule has 120 valence electrons. The van der Waals surface area contributed by atoms with E-state index in [0.29, 0.717) is 12.1 Å². The summed E-state index contributed by atoms with van der Waals surface area (Å²) in [4.78, 5) is 16.6. The predicted molar refractivity (Wildman–Crippen MR) is 90.5 cm³/mol. The van der Waals surface area contributed by atoms with Crippen LogP contribution in [-0.2, 0) is 4.74 Å². The van der Waals surface area contributed by atoms with Crippen LogP contribution in [0.25, 0.3) is 11.1 Å². The highest BCUT2D eigenvalue weighted by atomic mass is 16.5. The highest BCUT2D eigenvalue weighted by molar-refractivity contribution is 5.95. The number of carbonyl (C=O) groups excluding carboxylic acids is 1. The highest BCUT2D eigenvalue weighted by Crippen LogP contribution is 2.24. The zero-order chi connectivity index (χ0) is 16.2. The average Bonchev–Trinajstić information content (AvgIpc) is 3.08. The summed E-state index contributed by atoms with van der Waals surface area (Å²) in [5.74, 6) is -0.0971. The van der Waals surface area contributed by atoms with Crippen molar-refractivity contribution in [1.29, 1.82) is 0 Å². The number of nitrogens with zero attached hydrogens (tertiary/aromatic N) is 1. The van der Waals surface area contributed by atoms with Crippen molar-refractivity contribution in [3.05, 3.63) is 53.3 Å². The van der Waals surface area contributed by atoms with E-state index in [2.05, 4.69) is 42.3 Å². The van der Waals surface area contributed by atoms with Crippen LogP contribution in [0.15, 0.2) is 36.7 Å². The Bertz CT molecular complexity index is 706. The fourth-order valence-corrected chi connectivity index (χ4v) is 2.87. The molecule has 1 N–H and O–H groups in total. The Morgan fingerprint density at radius 2 is 2.17 bits per heavy atom. The van der Waals surface area contributed by atoms with Gasteiger partial charge in [0.2, 0.25) is 0 Å². The van der Waals surface area contributed by atoms with Crippen LogP contribution in [-0.4, -0.2) is 30.1 Å². The van der Waals surface area contributed by atoms with Gasteiger partial charge in [0.1, 0.15) is 0 Å². The number of ether oxygens (including phenoxy) is 1. The minimum atomic E-state index is -0.0971. The molecule has 3 rings (SSSR count). The summed E-state index contributed by atoms with van der Waals surface area (Å²) >= 11 is 0. The monoisotopic (exact) mass is 310 g/mol. The van der Waals surface area contributed by atoms with Crippen molar-refractivity contribution in [2.45, 2.75) is 32.8 Å². The zero-order valence-corrected chi connectivity index (χ0v) is 13.6. The Kier molecular flexibility index (Phi) is 4.72. The second kappa shape index (κ2) is 6.92. The summed E-state index contributed by atoms with van der Waals surface area (Å²) in [6, 6.07) is 8.21. The third kappa shape index (κ3) is 3.77. The Hall–Kier alpha value is -2.20. The van der Waals surface area contributed by atoms with Gasteiger partial charge in [-0.1, -0.05) is 23.8 Å². The standard InChI is InChI=1S/C19H22N2O2/c1-13-5-6-14(2)18(8-13)15-9-16(11-20-10-15)19(22)21-12-17-4-3-7-23-17/h5-6,8-11,17H,3-4,7,12H2,1-2H3,(H,21,22)/t17-/m0/s1. The average molecular weight is 310 g/mol. The van der Waals surface area contributed by atoms with Crippen LogP contribution < -0.4 is 5.32 Å². The fourth-order valence-electron chi connectivity index (χ4n) is 2.87. The molecule has 1 aliphatic heterocycles. The van der Waals surface area contributed by atoms with E-state index in [1.54, 1.807) is 12.4 Å². The first-order valence-electron chi connectivity index (χ1n) is 8.06. The molecule has 4 nitrogen and oxygen atoms in total. The summed E-state index contributed by atoms with van der Waals surface area (Å²) in [6.07, 6.45) is 5.65. The second-order valence-electron chi connectivity index (χ2n) is 6.13. The Morgan fingerprint density at radius 3 is 2.96 bits per heavy atom. The van der Waals surface area contributed by atoms with Crippen LogP contribution in [0, 0.1) is 13.8 Å². The quantitative estimate of drug-likeness (QED) is 0.943. The van der Waals surface area contributed by atoms with Crippen LogP contribution in [0.1, 0.15) is 34.3 Å². The van der Waals surface area contributed by atoms with E-state index in [1.165, 1.54) is 11.1 Å². The summed E-state index contributed by atoms with van der Waals surface area (Å²) in [6.45, 7) is 5.49. The van der Waals surface area contributed by atoms with Crippen LogP contribution in [0.4, 0.5) is 0 Å². The van der Waals surface area contributed by atoms with Gasteiger partial charge in [0.15, 0.2) is 0 Å². The lowest BCUT2D eigenvalue weighted by Gasteiger charge is -2.12. The lowest BCUT2D eigenvalue weighted by atomic mass is 9.99. The van der Waals surface area contributed by atoms with Crippen molar-refractivity contribution >= 4 is 5.91 Å². The first-order chi connectivity index (χ1) is 11.1. The lowest BCUT2D eigenvalue weighted by molar-refractivity contribution is 0.0857. The zero-order valence-electron chi connectivity index (χ0n) is 13.6. The largest absolute Gasteiger partial charge is 0.376 e. The molecule has 0 saturated carbocycles. The maximum absolute atomic E-state index is 12.3. The molecule has 1 atom stereocenters. The van der Waals surface area contributed by atoms with Crippen molar-refractivity contribution in [3.8, 4) is 11.1 Å². The van der Waals surface area contributed by atoms with Crippen molar-refractivity contribution in [2.24, 2.45) is 0 Å². The van der Waals surface area contributed by atoms with Gasteiger partial charge in [-0.15, -0.1) is 0 Å². The van der Waals surface area contributed by atoms with Crippen molar-refractivity contribution < 1.29 is 9.53 Å². The minimum Gasteiger partial charge on any atom is -0.376 e. The number of amides is 1. The van der Waals surface area contributed by atoms with Gasteiger partial charge in [-0.3, -0.25) is 9.78 Å². The molecule has 1 fully saturated rings. The molecule has 1 saturated heterocycles. The van der Waals surface area contributed by atoms with Crippen molar-refractivity contribution in [1.82, 2.24) is 10.3 Å². The molecule has 2 heterocycles. The summed E-state index contributed by atoms with van der Waals surface area (Å²) in [7, 11) is 0. The molecule has 0 unspecified atom stereocenters. The number of carbonyl (C=O) groups is 1. The molecular weight excluding hydrogens is 288 g/mol. The van der Waals surface area contributed by atoms with Gasteiger partial charge in [0, 0.05) is 31.1 Å². The molecule has 2 aromatic rings. The van der Waals surface area contributed by atoms with E-state index in [-0.39, 0.29) is 12.0 Å². The van der Waals surface area contributed by atoms with Gasteiger partial charge in [0.25, 0.3) is 5.91 Å². The number of hydrogen-bond donors (Lipinski definition) is 1. The molecule has 1 amide bonds. The Balaban J connectivity index is 1.76. The normalized spacial score (nSPS) is 17.2. The van der Waals surface area contributed by atoms with Crippen LogP contribution >= 0.6 is 0 Å². The first-order valence-corrected chi connectivity index (χ1v) is 8.06. The molecule has 1 aliphatic rings. The van der Waals surface area contributed by atoms with E-state index >= 15 is 0 Å². The molecule has 0 aliphatic carbocycles. The smallest absolute Gasteiger partial charge is 0.252 e. The van der Waals surface area contributed by atoms with Gasteiger partial charge < -0.3 is 10.1 Å². The van der Waals surface area contributed by atoms with Crippen LogP contribution in [0.3, 0.4) is 0 Å². The van der Waals surface area contributed by atoms with E-state index < -0.39 is 0 Å². The molecule has 0 bridgehead atoms. The molecule has 0 radical (unpaired) electrons. The minimum absolute atomic E-state index is 0.0971. The number of aromatic nitrogens is 1. The van der Waals surface area contributed by atoms with Gasteiger partial charge in [0.05, 0.1) is 11.7 Å². The van der Waals surface area contributed by atoms with Crippen molar-refractivity contribution in [2.75, 3.05) is 13.2 Å². The number of benzene rings is 1. The first kappa shape index (κ1) is 15.7. The molecular formula is C19H22N2O2. The van der Waals surface area contributed by atoms with Crippen LogP contribution in [0.5, 0.6) is 0 Å². The maximum atomic E-state index is 12.3. The van der Waals surface area contributed by atoms with Crippen molar-refractivity contribution in [3.63, 3.8) is 0 Å². The number of rotatable bonds is 4. The number of pyridine rings is 1. The molecule has 23 heavy (non-hydrogen) atoms. The number of hydrogen-bond acceptors (Lipinski definition) is 3. The van der Waals surface area contributed by atoms with Gasteiger partial charge >= 0.3 is 0 Å². The number of aryl methyl sites for hydroxylation is 2. The number of nitrogens with one attached hydrogen (secondary N) is 1. The predicted octanol–water partition coefficient (Wildman–Crippen LogP) is 3.27. The topological polar surface area (TPSA) is 51.2 Å². The van der Waals surface area contributed by atoms with Gasteiger partial charge in [-0.25, -0.2) is 0 Å². The molecule has 1 aromatic carbocycles. The SMILES string of the molecule is Cc1ccc(C)c(-c2cncc(C(=O)NC[C@@H]3CCCO3)c2)c1. The maximum Gasteiger partial charge on any atom is 0.252 e. The second-order valence-corrected chi connectivity index (χ2v) is 6.13. The van der Waals surface area contributed by atoms with E-state index in [9.17, 15) is 4.79 Å². The third-order valence-corrected chi connectivity index (χ3v) is 4.22. The summed E-state index contributed by atoms with van der Waals surface area (Å²) < 4.78 is 5.53. The lowest BCUT2D eigenvalue weighted by Crippen LogP contribution is -2.31. The molecule has 1 aromatic heterocycles. The summed E-state index contributed by atoms with van der Waals surface area (Å²) in [5, 5.41) is 2.94. The third-order valence-electron chi connectivity index (χ3n) is 4.22.